The third-order valence-corrected chi connectivity index (χ3v) is 1.91. The molecule has 0 atom stereocenters. The van der Waals surface area contributed by atoms with E-state index in [0.717, 1.165) is 5.56 Å². The summed E-state index contributed by atoms with van der Waals surface area (Å²) in [5.41, 5.74) is 2.54. The predicted octanol–water partition coefficient (Wildman–Crippen LogP) is 1.65. The quantitative estimate of drug-likeness (QED) is 0.569. The van der Waals surface area contributed by atoms with Crippen molar-refractivity contribution in [2.75, 3.05) is 0 Å². The summed E-state index contributed by atoms with van der Waals surface area (Å²) in [7, 11) is 0. The summed E-state index contributed by atoms with van der Waals surface area (Å²) in [5.74, 6) is -0.658. The molecule has 1 rings (SSSR count). The second-order valence-corrected chi connectivity index (χ2v) is 3.01. The van der Waals surface area contributed by atoms with E-state index in [-0.39, 0.29) is 12.2 Å². The summed E-state index contributed by atoms with van der Waals surface area (Å²) in [4.78, 5) is 10.6. The Labute approximate surface area is 81.5 Å². The highest BCUT2D eigenvalue weighted by Crippen LogP contribution is 2.06. The Morgan fingerprint density at radius 1 is 1.36 bits per heavy atom. The maximum absolute atomic E-state index is 12.5. The summed E-state index contributed by atoms with van der Waals surface area (Å²) >= 11 is 0. The lowest BCUT2D eigenvalue weighted by Gasteiger charge is -2.00. The summed E-state index contributed by atoms with van der Waals surface area (Å²) in [6.45, 7) is 0. The van der Waals surface area contributed by atoms with Gasteiger partial charge < -0.3 is 0 Å². The SMILES string of the molecule is O=C(CCCc1ccc(F)cc1)NO. The molecule has 0 radical (unpaired) electrons. The molecule has 2 N–H and O–H groups in total. The smallest absolute Gasteiger partial charge is 0.243 e. The number of aryl methyl sites for hydroxylation is 1. The second kappa shape index (κ2) is 5.34. The first-order valence-corrected chi connectivity index (χ1v) is 4.40. The van der Waals surface area contributed by atoms with E-state index in [1.165, 1.54) is 12.1 Å². The van der Waals surface area contributed by atoms with Crippen LogP contribution in [0.25, 0.3) is 0 Å². The van der Waals surface area contributed by atoms with E-state index >= 15 is 0 Å². The van der Waals surface area contributed by atoms with Crippen LogP contribution >= 0.6 is 0 Å². The van der Waals surface area contributed by atoms with Gasteiger partial charge in [-0.2, -0.15) is 0 Å². The lowest BCUT2D eigenvalue weighted by molar-refractivity contribution is -0.129. The number of nitrogens with one attached hydrogen (secondary N) is 1. The number of halogens is 1. The minimum atomic E-state index is -0.396. The summed E-state index contributed by atoms with van der Waals surface area (Å²) in [6, 6.07) is 6.15. The molecule has 3 nitrogen and oxygen atoms in total. The van der Waals surface area contributed by atoms with Gasteiger partial charge in [0.25, 0.3) is 0 Å². The van der Waals surface area contributed by atoms with Crippen molar-refractivity contribution in [2.45, 2.75) is 19.3 Å². The van der Waals surface area contributed by atoms with Gasteiger partial charge in [-0.1, -0.05) is 12.1 Å². The van der Waals surface area contributed by atoms with Crippen molar-refractivity contribution >= 4 is 5.91 Å². The number of hydrogen-bond donors (Lipinski definition) is 2. The molecule has 1 aromatic rings. The zero-order chi connectivity index (χ0) is 10.4. The van der Waals surface area contributed by atoms with Gasteiger partial charge in [0.1, 0.15) is 5.82 Å². The molecule has 14 heavy (non-hydrogen) atoms. The number of hydrogen-bond acceptors (Lipinski definition) is 2. The molecule has 0 saturated heterocycles. The molecule has 0 saturated carbocycles. The van der Waals surface area contributed by atoms with Gasteiger partial charge >= 0.3 is 0 Å². The van der Waals surface area contributed by atoms with Crippen molar-refractivity contribution in [1.82, 2.24) is 5.48 Å². The fourth-order valence-corrected chi connectivity index (χ4v) is 1.16. The van der Waals surface area contributed by atoms with E-state index in [0.29, 0.717) is 12.8 Å². The molecule has 0 heterocycles. The first-order valence-electron chi connectivity index (χ1n) is 4.40. The zero-order valence-electron chi connectivity index (χ0n) is 7.66. The van der Waals surface area contributed by atoms with E-state index in [1.54, 1.807) is 17.6 Å². The van der Waals surface area contributed by atoms with Crippen LogP contribution < -0.4 is 5.48 Å². The molecule has 0 spiro atoms. The largest absolute Gasteiger partial charge is 0.289 e. The third kappa shape index (κ3) is 3.53. The highest BCUT2D eigenvalue weighted by molar-refractivity contribution is 5.74. The van der Waals surface area contributed by atoms with Crippen molar-refractivity contribution in [3.05, 3.63) is 35.6 Å². The molecule has 0 aliphatic carbocycles. The topological polar surface area (TPSA) is 49.3 Å². The van der Waals surface area contributed by atoms with E-state index in [2.05, 4.69) is 0 Å². The lowest BCUT2D eigenvalue weighted by Crippen LogP contribution is -2.18. The van der Waals surface area contributed by atoms with Gasteiger partial charge in [0.05, 0.1) is 0 Å². The fraction of sp³-hybridized carbons (Fsp3) is 0.300. The minimum Gasteiger partial charge on any atom is -0.289 e. The second-order valence-electron chi connectivity index (χ2n) is 3.01. The Bertz CT molecular complexity index is 297. The van der Waals surface area contributed by atoms with Crippen LogP contribution in [0.5, 0.6) is 0 Å². The molecule has 0 bridgehead atoms. The summed E-state index contributed by atoms with van der Waals surface area (Å²) in [5, 5.41) is 8.22. The van der Waals surface area contributed by atoms with Crippen LogP contribution in [0.15, 0.2) is 24.3 Å². The van der Waals surface area contributed by atoms with Crippen molar-refractivity contribution < 1.29 is 14.4 Å². The van der Waals surface area contributed by atoms with Crippen LogP contribution in [-0.4, -0.2) is 11.1 Å². The molecular formula is C10H12FNO2. The molecule has 0 aromatic heterocycles. The van der Waals surface area contributed by atoms with Crippen LogP contribution in [-0.2, 0) is 11.2 Å². The molecule has 1 aromatic carbocycles. The Morgan fingerprint density at radius 2 is 2.00 bits per heavy atom. The van der Waals surface area contributed by atoms with Gasteiger partial charge in [0.2, 0.25) is 5.91 Å². The van der Waals surface area contributed by atoms with Crippen LogP contribution in [0.2, 0.25) is 0 Å². The molecule has 0 unspecified atom stereocenters. The van der Waals surface area contributed by atoms with Gasteiger partial charge in [-0.3, -0.25) is 10.0 Å². The third-order valence-electron chi connectivity index (χ3n) is 1.91. The van der Waals surface area contributed by atoms with Crippen molar-refractivity contribution in [2.24, 2.45) is 0 Å². The maximum atomic E-state index is 12.5. The van der Waals surface area contributed by atoms with Gasteiger partial charge in [-0.05, 0) is 30.5 Å². The Hall–Kier alpha value is -1.42. The lowest BCUT2D eigenvalue weighted by atomic mass is 10.1. The summed E-state index contributed by atoms with van der Waals surface area (Å²) < 4.78 is 12.5. The van der Waals surface area contributed by atoms with Gasteiger partial charge in [0.15, 0.2) is 0 Å². The first kappa shape index (κ1) is 10.7. The standard InChI is InChI=1S/C10H12FNO2/c11-9-6-4-8(5-7-9)2-1-3-10(13)12-14/h4-7,14H,1-3H2,(H,12,13). The number of carbonyl (C=O) groups is 1. The molecule has 4 heteroatoms. The molecule has 0 fully saturated rings. The highest BCUT2D eigenvalue weighted by atomic mass is 19.1. The normalized spacial score (nSPS) is 9.86. The molecule has 0 aliphatic heterocycles. The molecule has 0 aliphatic rings. The van der Waals surface area contributed by atoms with Crippen molar-refractivity contribution in [1.29, 1.82) is 0 Å². The van der Waals surface area contributed by atoms with E-state index in [1.807, 2.05) is 0 Å². The van der Waals surface area contributed by atoms with Gasteiger partial charge in [-0.25, -0.2) is 9.87 Å². The number of rotatable bonds is 4. The number of amides is 1. The van der Waals surface area contributed by atoms with Crippen molar-refractivity contribution in [3.63, 3.8) is 0 Å². The number of benzene rings is 1. The van der Waals surface area contributed by atoms with Crippen LogP contribution in [0.3, 0.4) is 0 Å². The average Bonchev–Trinajstić information content (AvgIpc) is 2.21. The first-order chi connectivity index (χ1) is 6.72. The highest BCUT2D eigenvalue weighted by Gasteiger charge is 1.99. The fourth-order valence-electron chi connectivity index (χ4n) is 1.16. The van der Waals surface area contributed by atoms with Crippen LogP contribution in [0, 0.1) is 5.82 Å². The van der Waals surface area contributed by atoms with E-state index in [9.17, 15) is 9.18 Å². The molecular weight excluding hydrogens is 185 g/mol. The molecule has 1 amide bonds. The van der Waals surface area contributed by atoms with Crippen LogP contribution in [0.1, 0.15) is 18.4 Å². The Balaban J connectivity index is 2.31. The monoisotopic (exact) mass is 197 g/mol. The maximum Gasteiger partial charge on any atom is 0.243 e. The van der Waals surface area contributed by atoms with Crippen LogP contribution in [0.4, 0.5) is 4.39 Å². The zero-order valence-corrected chi connectivity index (χ0v) is 7.66. The van der Waals surface area contributed by atoms with E-state index in [4.69, 9.17) is 5.21 Å². The van der Waals surface area contributed by atoms with E-state index < -0.39 is 5.91 Å². The van der Waals surface area contributed by atoms with Crippen molar-refractivity contribution in [3.8, 4) is 0 Å². The number of hydroxylamine groups is 1. The minimum absolute atomic E-state index is 0.262. The number of carbonyl (C=O) groups excluding carboxylic acids is 1. The Kier molecular flexibility index (Phi) is 4.07. The predicted molar refractivity (Wildman–Crippen MR) is 49.3 cm³/mol. The summed E-state index contributed by atoms with van der Waals surface area (Å²) in [6.07, 6.45) is 1.61. The van der Waals surface area contributed by atoms with Gasteiger partial charge in [0, 0.05) is 6.42 Å². The Morgan fingerprint density at radius 3 is 2.57 bits per heavy atom. The average molecular weight is 197 g/mol. The molecule has 76 valence electrons. The van der Waals surface area contributed by atoms with Gasteiger partial charge in [-0.15, -0.1) is 0 Å².